The van der Waals surface area contributed by atoms with Crippen molar-refractivity contribution in [3.8, 4) is 17.1 Å². The van der Waals surface area contributed by atoms with Crippen molar-refractivity contribution in [2.45, 2.75) is 31.1 Å². The lowest BCUT2D eigenvalue weighted by Crippen LogP contribution is -2.43. The first-order chi connectivity index (χ1) is 12.3. The molecule has 0 atom stereocenters. The molecular formula is C20H21N3O2S. The van der Waals surface area contributed by atoms with E-state index in [-0.39, 0.29) is 11.3 Å². The summed E-state index contributed by atoms with van der Waals surface area (Å²) < 4.78 is 5.56. The minimum Gasteiger partial charge on any atom is -0.495 e. The second-order valence-corrected chi connectivity index (χ2v) is 7.83. The van der Waals surface area contributed by atoms with Crippen molar-refractivity contribution in [2.75, 3.05) is 13.7 Å². The Labute approximate surface area is 157 Å². The summed E-state index contributed by atoms with van der Waals surface area (Å²) in [5.41, 5.74) is 5.16. The summed E-state index contributed by atoms with van der Waals surface area (Å²) in [6.07, 6.45) is 0. The average molecular weight is 367 g/mol. The van der Waals surface area contributed by atoms with E-state index in [2.05, 4.69) is 36.8 Å². The van der Waals surface area contributed by atoms with Crippen LogP contribution in [0.25, 0.3) is 22.4 Å². The Morgan fingerprint density at radius 3 is 2.73 bits per heavy atom. The van der Waals surface area contributed by atoms with Crippen molar-refractivity contribution in [2.24, 2.45) is 0 Å². The van der Waals surface area contributed by atoms with Crippen molar-refractivity contribution in [1.82, 2.24) is 15.3 Å². The standard InChI is InChI=1S/C20H21N3O2S/c1-10-5-6-11(16(25-4)17(10)26)18-22-14-7-12-13(8-15(14)23-18)20(2,3)9-21-19(12)24/h5-8,26H,9H2,1-4H3,(H,21,24)(H,22,23). The van der Waals surface area contributed by atoms with Gasteiger partial charge in [-0.3, -0.25) is 4.79 Å². The highest BCUT2D eigenvalue weighted by Gasteiger charge is 2.32. The Morgan fingerprint density at radius 1 is 1.23 bits per heavy atom. The minimum atomic E-state index is -0.122. The number of methoxy groups -OCH3 is 1. The summed E-state index contributed by atoms with van der Waals surface area (Å²) in [5.74, 6) is 1.35. The Morgan fingerprint density at radius 2 is 2.00 bits per heavy atom. The molecule has 5 nitrogen and oxygen atoms in total. The first kappa shape index (κ1) is 17.0. The van der Waals surface area contributed by atoms with E-state index in [1.807, 2.05) is 31.2 Å². The number of aromatic nitrogens is 2. The number of carbonyl (C=O) groups excluding carboxylic acids is 1. The second kappa shape index (κ2) is 5.77. The molecule has 4 rings (SSSR count). The lowest BCUT2D eigenvalue weighted by atomic mass is 9.79. The highest BCUT2D eigenvalue weighted by atomic mass is 32.1. The normalized spacial score (nSPS) is 15.7. The zero-order chi connectivity index (χ0) is 18.6. The van der Waals surface area contributed by atoms with Gasteiger partial charge in [0.1, 0.15) is 11.6 Å². The lowest BCUT2D eigenvalue weighted by Gasteiger charge is -2.32. The largest absolute Gasteiger partial charge is 0.495 e. The van der Waals surface area contributed by atoms with E-state index in [1.165, 1.54) is 0 Å². The van der Waals surface area contributed by atoms with Gasteiger partial charge in [-0.15, -0.1) is 12.6 Å². The van der Waals surface area contributed by atoms with Crippen molar-refractivity contribution in [3.05, 3.63) is 41.0 Å². The van der Waals surface area contributed by atoms with Crippen LogP contribution in [0.3, 0.4) is 0 Å². The number of imidazole rings is 1. The van der Waals surface area contributed by atoms with Gasteiger partial charge in [-0.05, 0) is 36.2 Å². The Kier molecular flexibility index (Phi) is 3.77. The number of aromatic amines is 1. The van der Waals surface area contributed by atoms with E-state index >= 15 is 0 Å². The Balaban J connectivity index is 1.93. The number of thiol groups is 1. The highest BCUT2D eigenvalue weighted by molar-refractivity contribution is 7.80. The van der Waals surface area contributed by atoms with Gasteiger partial charge in [0.2, 0.25) is 0 Å². The molecule has 2 N–H and O–H groups in total. The van der Waals surface area contributed by atoms with Crippen molar-refractivity contribution >= 4 is 29.6 Å². The summed E-state index contributed by atoms with van der Waals surface area (Å²) >= 11 is 4.56. The van der Waals surface area contributed by atoms with Crippen LogP contribution in [-0.2, 0) is 5.41 Å². The van der Waals surface area contributed by atoms with Gasteiger partial charge in [0.15, 0.2) is 0 Å². The van der Waals surface area contributed by atoms with Crippen LogP contribution in [0.15, 0.2) is 29.2 Å². The maximum Gasteiger partial charge on any atom is 0.251 e. The van der Waals surface area contributed by atoms with Crippen LogP contribution in [0.1, 0.15) is 35.3 Å². The van der Waals surface area contributed by atoms with Gasteiger partial charge in [0.05, 0.1) is 23.7 Å². The lowest BCUT2D eigenvalue weighted by molar-refractivity contribution is 0.0930. The van der Waals surface area contributed by atoms with Crippen LogP contribution in [-0.4, -0.2) is 29.5 Å². The van der Waals surface area contributed by atoms with Gasteiger partial charge in [-0.2, -0.15) is 0 Å². The molecule has 1 aromatic heterocycles. The van der Waals surface area contributed by atoms with E-state index in [1.54, 1.807) is 7.11 Å². The molecular weight excluding hydrogens is 346 g/mol. The number of rotatable bonds is 2. The van der Waals surface area contributed by atoms with Gasteiger partial charge in [0, 0.05) is 22.4 Å². The van der Waals surface area contributed by atoms with Crippen LogP contribution < -0.4 is 10.1 Å². The molecule has 0 spiro atoms. The number of benzene rings is 2. The fraction of sp³-hybridized carbons (Fsp3) is 0.300. The van der Waals surface area contributed by atoms with Crippen molar-refractivity contribution < 1.29 is 9.53 Å². The molecule has 6 heteroatoms. The summed E-state index contributed by atoms with van der Waals surface area (Å²) in [6.45, 7) is 6.87. The summed E-state index contributed by atoms with van der Waals surface area (Å²) in [5, 5.41) is 2.96. The number of H-pyrrole nitrogens is 1. The molecule has 0 fully saturated rings. The van der Waals surface area contributed by atoms with Crippen LogP contribution in [0.5, 0.6) is 5.75 Å². The molecule has 0 saturated heterocycles. The molecule has 1 aliphatic heterocycles. The minimum absolute atomic E-state index is 0.0451. The van der Waals surface area contributed by atoms with E-state index in [9.17, 15) is 4.79 Å². The maximum absolute atomic E-state index is 12.3. The fourth-order valence-corrected chi connectivity index (χ4v) is 3.77. The molecule has 0 radical (unpaired) electrons. The highest BCUT2D eigenvalue weighted by Crippen LogP contribution is 2.38. The van der Waals surface area contributed by atoms with Crippen LogP contribution in [0.2, 0.25) is 0 Å². The Hall–Kier alpha value is -2.47. The zero-order valence-corrected chi connectivity index (χ0v) is 16.1. The molecule has 26 heavy (non-hydrogen) atoms. The van der Waals surface area contributed by atoms with Crippen LogP contribution >= 0.6 is 12.6 Å². The van der Waals surface area contributed by atoms with Crippen molar-refractivity contribution in [1.29, 1.82) is 0 Å². The van der Waals surface area contributed by atoms with Gasteiger partial charge in [-0.25, -0.2) is 4.98 Å². The van der Waals surface area contributed by atoms with Crippen LogP contribution in [0, 0.1) is 6.92 Å². The summed E-state index contributed by atoms with van der Waals surface area (Å²) in [4.78, 5) is 21.2. The fourth-order valence-electron chi connectivity index (χ4n) is 3.49. The number of nitrogens with zero attached hydrogens (tertiary/aromatic N) is 1. The topological polar surface area (TPSA) is 67.0 Å². The quantitative estimate of drug-likeness (QED) is 0.603. The molecule has 0 unspecified atom stereocenters. The molecule has 134 valence electrons. The number of aryl methyl sites for hydroxylation is 1. The maximum atomic E-state index is 12.3. The third kappa shape index (κ3) is 2.48. The first-order valence-electron chi connectivity index (χ1n) is 8.51. The summed E-state index contributed by atoms with van der Waals surface area (Å²) in [6, 6.07) is 7.88. The SMILES string of the molecule is COc1c(-c2nc3cc4c(cc3[nH]2)C(C)(C)CNC4=O)ccc(C)c1S. The predicted octanol–water partition coefficient (Wildman–Crippen LogP) is 3.86. The third-order valence-electron chi connectivity index (χ3n) is 5.08. The number of hydrogen-bond donors (Lipinski definition) is 3. The van der Waals surface area contributed by atoms with Gasteiger partial charge in [-0.1, -0.05) is 19.9 Å². The smallest absolute Gasteiger partial charge is 0.251 e. The van der Waals surface area contributed by atoms with E-state index in [4.69, 9.17) is 9.72 Å². The number of hydrogen-bond acceptors (Lipinski definition) is 4. The number of fused-ring (bicyclic) bond motifs is 2. The molecule has 0 saturated carbocycles. The molecule has 0 aliphatic carbocycles. The monoisotopic (exact) mass is 367 g/mol. The number of ether oxygens (including phenoxy) is 1. The Bertz CT molecular complexity index is 1050. The molecule has 2 aromatic carbocycles. The number of nitrogens with one attached hydrogen (secondary N) is 2. The van der Waals surface area contributed by atoms with Crippen molar-refractivity contribution in [3.63, 3.8) is 0 Å². The van der Waals surface area contributed by atoms with E-state index in [0.717, 1.165) is 32.6 Å². The van der Waals surface area contributed by atoms with Crippen LogP contribution in [0.4, 0.5) is 0 Å². The summed E-state index contributed by atoms with van der Waals surface area (Å²) in [7, 11) is 1.63. The van der Waals surface area contributed by atoms with E-state index < -0.39 is 0 Å². The molecule has 2 heterocycles. The van der Waals surface area contributed by atoms with Gasteiger partial charge < -0.3 is 15.0 Å². The third-order valence-corrected chi connectivity index (χ3v) is 5.63. The molecule has 0 bridgehead atoms. The first-order valence-corrected chi connectivity index (χ1v) is 8.96. The zero-order valence-electron chi connectivity index (χ0n) is 15.2. The van der Waals surface area contributed by atoms with E-state index in [0.29, 0.717) is 23.7 Å². The number of amides is 1. The van der Waals surface area contributed by atoms with Gasteiger partial charge in [0.25, 0.3) is 5.91 Å². The van der Waals surface area contributed by atoms with Gasteiger partial charge >= 0.3 is 0 Å². The second-order valence-electron chi connectivity index (χ2n) is 7.38. The predicted molar refractivity (Wildman–Crippen MR) is 105 cm³/mol. The molecule has 3 aromatic rings. The number of carbonyl (C=O) groups is 1. The molecule has 1 aliphatic rings. The average Bonchev–Trinajstić information content (AvgIpc) is 3.02. The molecule has 1 amide bonds.